The SMILES string of the molecule is CC(=O)CC(=O)N1CCC(C(N)=O)C1. The number of carbonyl (C=O) groups is 3. The summed E-state index contributed by atoms with van der Waals surface area (Å²) in [5.74, 6) is -0.979. The fourth-order valence-corrected chi connectivity index (χ4v) is 1.54. The molecule has 1 rings (SSSR count). The Labute approximate surface area is 82.2 Å². The number of nitrogens with zero attached hydrogens (tertiary/aromatic N) is 1. The summed E-state index contributed by atoms with van der Waals surface area (Å²) in [7, 11) is 0. The van der Waals surface area contributed by atoms with Crippen LogP contribution in [0, 0.1) is 5.92 Å². The van der Waals surface area contributed by atoms with Crippen molar-refractivity contribution in [3.05, 3.63) is 0 Å². The third kappa shape index (κ3) is 2.55. The van der Waals surface area contributed by atoms with Crippen LogP contribution in [0.3, 0.4) is 0 Å². The highest BCUT2D eigenvalue weighted by atomic mass is 16.2. The van der Waals surface area contributed by atoms with Gasteiger partial charge in [0.25, 0.3) is 0 Å². The van der Waals surface area contributed by atoms with Crippen molar-refractivity contribution in [2.75, 3.05) is 13.1 Å². The van der Waals surface area contributed by atoms with E-state index in [4.69, 9.17) is 5.73 Å². The van der Waals surface area contributed by atoms with E-state index in [9.17, 15) is 14.4 Å². The van der Waals surface area contributed by atoms with Gasteiger partial charge in [-0.3, -0.25) is 14.4 Å². The van der Waals surface area contributed by atoms with Crippen LogP contribution in [0.2, 0.25) is 0 Å². The number of rotatable bonds is 3. The first kappa shape index (κ1) is 10.7. The molecule has 78 valence electrons. The van der Waals surface area contributed by atoms with E-state index in [-0.39, 0.29) is 29.9 Å². The summed E-state index contributed by atoms with van der Waals surface area (Å²) in [6, 6.07) is 0. The minimum absolute atomic E-state index is 0.0779. The second-order valence-corrected chi connectivity index (χ2v) is 3.61. The van der Waals surface area contributed by atoms with Crippen molar-refractivity contribution in [1.82, 2.24) is 4.90 Å². The number of primary amides is 1. The predicted octanol–water partition coefficient (Wildman–Crippen LogP) is -0.701. The van der Waals surface area contributed by atoms with Crippen molar-refractivity contribution in [2.45, 2.75) is 19.8 Å². The van der Waals surface area contributed by atoms with Crippen LogP contribution in [0.25, 0.3) is 0 Å². The highest BCUT2D eigenvalue weighted by molar-refractivity contribution is 5.97. The number of Topliss-reactive ketones (excluding diaryl/α,β-unsaturated/α-hetero) is 1. The Morgan fingerprint density at radius 1 is 1.43 bits per heavy atom. The summed E-state index contributed by atoms with van der Waals surface area (Å²) in [5.41, 5.74) is 5.12. The molecular weight excluding hydrogens is 184 g/mol. The molecule has 0 aromatic rings. The Hall–Kier alpha value is -1.39. The van der Waals surface area contributed by atoms with Crippen LogP contribution in [0.5, 0.6) is 0 Å². The lowest BCUT2D eigenvalue weighted by atomic mass is 10.1. The largest absolute Gasteiger partial charge is 0.369 e. The summed E-state index contributed by atoms with van der Waals surface area (Å²) in [6.07, 6.45) is 0.532. The lowest BCUT2D eigenvalue weighted by molar-refractivity contribution is -0.134. The van der Waals surface area contributed by atoms with Gasteiger partial charge in [0.15, 0.2) is 0 Å². The summed E-state index contributed by atoms with van der Waals surface area (Å²) < 4.78 is 0. The zero-order chi connectivity index (χ0) is 10.7. The molecule has 0 radical (unpaired) electrons. The van der Waals surface area contributed by atoms with Gasteiger partial charge in [-0.1, -0.05) is 0 Å². The van der Waals surface area contributed by atoms with Crippen molar-refractivity contribution >= 4 is 17.6 Å². The van der Waals surface area contributed by atoms with Crippen LogP contribution in [-0.4, -0.2) is 35.6 Å². The molecule has 0 spiro atoms. The van der Waals surface area contributed by atoms with Crippen LogP contribution >= 0.6 is 0 Å². The fraction of sp³-hybridized carbons (Fsp3) is 0.667. The minimum atomic E-state index is -0.372. The highest BCUT2D eigenvalue weighted by Gasteiger charge is 2.29. The average Bonchev–Trinajstić information content (AvgIpc) is 2.50. The van der Waals surface area contributed by atoms with Crippen LogP contribution in [0.4, 0.5) is 0 Å². The number of nitrogens with two attached hydrogens (primary N) is 1. The molecule has 0 aliphatic carbocycles. The molecule has 14 heavy (non-hydrogen) atoms. The average molecular weight is 198 g/mol. The van der Waals surface area contributed by atoms with Gasteiger partial charge in [-0.05, 0) is 13.3 Å². The number of ketones is 1. The molecule has 1 atom stereocenters. The van der Waals surface area contributed by atoms with Gasteiger partial charge in [0.1, 0.15) is 5.78 Å². The van der Waals surface area contributed by atoms with Crippen molar-refractivity contribution in [3.63, 3.8) is 0 Å². The Morgan fingerprint density at radius 2 is 2.07 bits per heavy atom. The van der Waals surface area contributed by atoms with Gasteiger partial charge in [0.2, 0.25) is 11.8 Å². The first-order valence-corrected chi connectivity index (χ1v) is 4.57. The van der Waals surface area contributed by atoms with Crippen molar-refractivity contribution < 1.29 is 14.4 Å². The molecule has 0 bridgehead atoms. The molecule has 2 amide bonds. The maximum atomic E-state index is 11.4. The molecule has 1 aliphatic rings. The smallest absolute Gasteiger partial charge is 0.230 e. The molecular formula is C9H14N2O3. The van der Waals surface area contributed by atoms with Crippen molar-refractivity contribution in [1.29, 1.82) is 0 Å². The first-order valence-electron chi connectivity index (χ1n) is 4.57. The molecule has 1 saturated heterocycles. The zero-order valence-electron chi connectivity index (χ0n) is 8.16. The lowest BCUT2D eigenvalue weighted by Gasteiger charge is -2.14. The Morgan fingerprint density at radius 3 is 2.50 bits per heavy atom. The van der Waals surface area contributed by atoms with E-state index in [1.807, 2.05) is 0 Å². The van der Waals surface area contributed by atoms with E-state index in [2.05, 4.69) is 0 Å². The molecule has 1 aliphatic heterocycles. The number of hydrogen-bond donors (Lipinski definition) is 1. The van der Waals surface area contributed by atoms with E-state index in [1.165, 1.54) is 11.8 Å². The zero-order valence-corrected chi connectivity index (χ0v) is 8.16. The number of carbonyl (C=O) groups excluding carboxylic acids is 3. The van der Waals surface area contributed by atoms with Gasteiger partial charge in [0, 0.05) is 13.1 Å². The van der Waals surface area contributed by atoms with Gasteiger partial charge >= 0.3 is 0 Å². The summed E-state index contributed by atoms with van der Waals surface area (Å²) in [4.78, 5) is 34.4. The normalized spacial score (nSPS) is 20.9. The maximum absolute atomic E-state index is 11.4. The van der Waals surface area contributed by atoms with Crippen molar-refractivity contribution in [3.8, 4) is 0 Å². The number of likely N-dealkylation sites (tertiary alicyclic amines) is 1. The van der Waals surface area contributed by atoms with E-state index in [0.717, 1.165) is 0 Å². The molecule has 0 aromatic heterocycles. The summed E-state index contributed by atoms with van der Waals surface area (Å²) in [6.45, 7) is 2.26. The monoisotopic (exact) mass is 198 g/mol. The lowest BCUT2D eigenvalue weighted by Crippen LogP contribution is -2.32. The molecule has 5 nitrogen and oxygen atoms in total. The van der Waals surface area contributed by atoms with Crippen LogP contribution in [0.15, 0.2) is 0 Å². The van der Waals surface area contributed by atoms with Gasteiger partial charge in [-0.15, -0.1) is 0 Å². The van der Waals surface area contributed by atoms with Crippen LogP contribution in [0.1, 0.15) is 19.8 Å². The van der Waals surface area contributed by atoms with Crippen LogP contribution < -0.4 is 5.73 Å². The number of hydrogen-bond acceptors (Lipinski definition) is 3. The fourth-order valence-electron chi connectivity index (χ4n) is 1.54. The van der Waals surface area contributed by atoms with Gasteiger partial charge in [-0.25, -0.2) is 0 Å². The molecule has 5 heteroatoms. The Bertz CT molecular complexity index is 275. The van der Waals surface area contributed by atoms with Crippen molar-refractivity contribution in [2.24, 2.45) is 11.7 Å². The van der Waals surface area contributed by atoms with Crippen LogP contribution in [-0.2, 0) is 14.4 Å². The summed E-state index contributed by atoms with van der Waals surface area (Å²) >= 11 is 0. The second kappa shape index (κ2) is 4.21. The topological polar surface area (TPSA) is 80.5 Å². The Balaban J connectivity index is 2.45. The third-order valence-electron chi connectivity index (χ3n) is 2.34. The maximum Gasteiger partial charge on any atom is 0.230 e. The molecule has 0 aromatic carbocycles. The molecule has 2 N–H and O–H groups in total. The first-order chi connectivity index (χ1) is 6.50. The van der Waals surface area contributed by atoms with E-state index < -0.39 is 0 Å². The van der Waals surface area contributed by atoms with E-state index >= 15 is 0 Å². The molecule has 1 unspecified atom stereocenters. The van der Waals surface area contributed by atoms with E-state index in [1.54, 1.807) is 0 Å². The molecule has 1 fully saturated rings. The molecule has 0 saturated carbocycles. The molecule has 1 heterocycles. The summed E-state index contributed by atoms with van der Waals surface area (Å²) in [5, 5.41) is 0. The van der Waals surface area contributed by atoms with Gasteiger partial charge in [-0.2, -0.15) is 0 Å². The number of amides is 2. The quantitative estimate of drug-likeness (QED) is 0.609. The Kier molecular flexibility index (Phi) is 3.22. The second-order valence-electron chi connectivity index (χ2n) is 3.61. The van der Waals surface area contributed by atoms with Gasteiger partial charge < -0.3 is 10.6 Å². The third-order valence-corrected chi connectivity index (χ3v) is 2.34. The van der Waals surface area contributed by atoms with E-state index in [0.29, 0.717) is 19.5 Å². The highest BCUT2D eigenvalue weighted by Crippen LogP contribution is 2.16. The minimum Gasteiger partial charge on any atom is -0.369 e. The predicted molar refractivity (Wildman–Crippen MR) is 49.2 cm³/mol. The standard InChI is InChI=1S/C9H14N2O3/c1-6(12)4-8(13)11-3-2-7(5-11)9(10)14/h7H,2-5H2,1H3,(H2,10,14). The van der Waals surface area contributed by atoms with Gasteiger partial charge in [0.05, 0.1) is 12.3 Å².